The number of nitrogens with zero attached hydrogens (tertiary/aromatic N) is 2. The molecule has 0 aliphatic carbocycles. The van der Waals surface area contributed by atoms with Crippen molar-refractivity contribution in [3.8, 4) is 5.75 Å². The van der Waals surface area contributed by atoms with Crippen molar-refractivity contribution < 1.29 is 9.53 Å². The Kier molecular flexibility index (Phi) is 4.75. The van der Waals surface area contributed by atoms with Gasteiger partial charge in [-0.25, -0.2) is 4.79 Å². The van der Waals surface area contributed by atoms with Crippen LogP contribution in [0.4, 0.5) is 10.5 Å². The molecule has 0 saturated carbocycles. The van der Waals surface area contributed by atoms with Gasteiger partial charge >= 0.3 is 6.03 Å². The van der Waals surface area contributed by atoms with E-state index in [1.807, 2.05) is 29.2 Å². The van der Waals surface area contributed by atoms with E-state index in [9.17, 15) is 4.79 Å². The standard InChI is InChI=1S/C22H25N3O2/c1-3-11-24-14-17-10-12-25(15-16-6-4-9-20(24)21(16)17)22(26)23-18-7-5-8-19(13-18)27-2/h4-9,13-14H,3,10-12,15H2,1-2H3,(H,23,26). The molecule has 0 fully saturated rings. The molecule has 5 heteroatoms. The molecule has 5 nitrogen and oxygen atoms in total. The lowest BCUT2D eigenvalue weighted by molar-refractivity contribution is 0.210. The van der Waals surface area contributed by atoms with Gasteiger partial charge in [-0.05, 0) is 42.2 Å². The van der Waals surface area contributed by atoms with Crippen molar-refractivity contribution in [3.63, 3.8) is 0 Å². The number of ether oxygens (including phenoxy) is 1. The molecule has 140 valence electrons. The highest BCUT2D eigenvalue weighted by molar-refractivity contribution is 5.92. The van der Waals surface area contributed by atoms with Gasteiger partial charge in [-0.2, -0.15) is 0 Å². The van der Waals surface area contributed by atoms with Crippen LogP contribution in [-0.2, 0) is 19.5 Å². The molecule has 4 rings (SSSR count). The largest absolute Gasteiger partial charge is 0.497 e. The third kappa shape index (κ3) is 3.37. The maximum Gasteiger partial charge on any atom is 0.322 e. The molecule has 1 N–H and O–H groups in total. The monoisotopic (exact) mass is 363 g/mol. The van der Waals surface area contributed by atoms with Crippen LogP contribution in [0.2, 0.25) is 0 Å². The molecule has 2 aromatic carbocycles. The highest BCUT2D eigenvalue weighted by Crippen LogP contribution is 2.30. The molecule has 2 amide bonds. The first kappa shape index (κ1) is 17.5. The fourth-order valence-corrected chi connectivity index (χ4v) is 3.88. The lowest BCUT2D eigenvalue weighted by Gasteiger charge is -2.22. The van der Waals surface area contributed by atoms with Gasteiger partial charge in [0, 0.05) is 48.5 Å². The summed E-state index contributed by atoms with van der Waals surface area (Å²) in [6.45, 7) is 4.55. The second-order valence-corrected chi connectivity index (χ2v) is 6.99. The Labute approximate surface area is 159 Å². The maximum atomic E-state index is 12.9. The van der Waals surface area contributed by atoms with Crippen molar-refractivity contribution in [2.45, 2.75) is 32.9 Å². The van der Waals surface area contributed by atoms with Gasteiger partial charge in [0.2, 0.25) is 0 Å². The summed E-state index contributed by atoms with van der Waals surface area (Å²) in [7, 11) is 1.62. The van der Waals surface area contributed by atoms with Gasteiger partial charge in [0.25, 0.3) is 0 Å². The van der Waals surface area contributed by atoms with Crippen molar-refractivity contribution in [2.24, 2.45) is 0 Å². The molecule has 0 radical (unpaired) electrons. The number of carbonyl (C=O) groups excluding carboxylic acids is 1. The number of benzene rings is 2. The fourth-order valence-electron chi connectivity index (χ4n) is 3.88. The third-order valence-corrected chi connectivity index (χ3v) is 5.16. The first-order valence-corrected chi connectivity index (χ1v) is 9.49. The van der Waals surface area contributed by atoms with Crippen LogP contribution in [0.3, 0.4) is 0 Å². The Morgan fingerprint density at radius 1 is 1.19 bits per heavy atom. The van der Waals surface area contributed by atoms with Crippen LogP contribution in [-0.4, -0.2) is 29.2 Å². The number of nitrogens with one attached hydrogen (secondary N) is 1. The zero-order chi connectivity index (χ0) is 18.8. The lowest BCUT2D eigenvalue weighted by Crippen LogP contribution is -2.35. The molecule has 0 spiro atoms. The Balaban J connectivity index is 1.58. The van der Waals surface area contributed by atoms with E-state index < -0.39 is 0 Å². The van der Waals surface area contributed by atoms with Gasteiger partial charge in [0.15, 0.2) is 0 Å². The topological polar surface area (TPSA) is 46.5 Å². The van der Waals surface area contributed by atoms with Gasteiger partial charge in [-0.3, -0.25) is 0 Å². The van der Waals surface area contributed by atoms with Crippen LogP contribution in [0.5, 0.6) is 5.75 Å². The van der Waals surface area contributed by atoms with E-state index in [0.717, 1.165) is 30.8 Å². The molecule has 1 aromatic heterocycles. The van der Waals surface area contributed by atoms with E-state index in [4.69, 9.17) is 4.74 Å². The molecule has 0 saturated heterocycles. The fraction of sp³-hybridized carbons (Fsp3) is 0.318. The van der Waals surface area contributed by atoms with E-state index in [0.29, 0.717) is 13.1 Å². The van der Waals surface area contributed by atoms with Crippen molar-refractivity contribution in [1.82, 2.24) is 9.47 Å². The van der Waals surface area contributed by atoms with Crippen LogP contribution in [0.1, 0.15) is 24.5 Å². The number of methoxy groups -OCH3 is 1. The molecule has 0 atom stereocenters. The number of anilines is 1. The van der Waals surface area contributed by atoms with Gasteiger partial charge < -0.3 is 19.5 Å². The number of hydrogen-bond donors (Lipinski definition) is 1. The summed E-state index contributed by atoms with van der Waals surface area (Å²) in [5.41, 5.74) is 4.58. The number of rotatable bonds is 4. The highest BCUT2D eigenvalue weighted by Gasteiger charge is 2.22. The average molecular weight is 363 g/mol. The minimum atomic E-state index is -0.0770. The Morgan fingerprint density at radius 3 is 2.85 bits per heavy atom. The minimum absolute atomic E-state index is 0.0770. The summed E-state index contributed by atoms with van der Waals surface area (Å²) < 4.78 is 7.58. The predicted molar refractivity (Wildman–Crippen MR) is 108 cm³/mol. The second kappa shape index (κ2) is 7.35. The van der Waals surface area contributed by atoms with Crippen molar-refractivity contribution in [1.29, 1.82) is 0 Å². The SMILES string of the molecule is CCCn1cc2c3c(cccc31)CN(C(=O)Nc1cccc(OC)c1)CC2. The molecular weight excluding hydrogens is 338 g/mol. The van der Waals surface area contributed by atoms with E-state index >= 15 is 0 Å². The van der Waals surface area contributed by atoms with Crippen LogP contribution >= 0.6 is 0 Å². The number of urea groups is 1. The second-order valence-electron chi connectivity index (χ2n) is 6.99. The van der Waals surface area contributed by atoms with E-state index in [2.05, 4.69) is 41.2 Å². The van der Waals surface area contributed by atoms with Gasteiger partial charge in [0.05, 0.1) is 7.11 Å². The minimum Gasteiger partial charge on any atom is -0.497 e. The Bertz CT molecular complexity index is 977. The van der Waals surface area contributed by atoms with Crippen molar-refractivity contribution in [2.75, 3.05) is 19.0 Å². The molecule has 1 aliphatic heterocycles. The number of aromatic nitrogens is 1. The molecule has 27 heavy (non-hydrogen) atoms. The maximum absolute atomic E-state index is 12.9. The van der Waals surface area contributed by atoms with Crippen LogP contribution < -0.4 is 10.1 Å². The smallest absolute Gasteiger partial charge is 0.322 e. The molecule has 0 unspecified atom stereocenters. The molecule has 0 bridgehead atoms. The summed E-state index contributed by atoms with van der Waals surface area (Å²) in [6, 6.07) is 13.8. The van der Waals surface area contributed by atoms with Gasteiger partial charge in [-0.15, -0.1) is 0 Å². The zero-order valence-electron chi connectivity index (χ0n) is 15.9. The zero-order valence-corrected chi connectivity index (χ0v) is 15.9. The summed E-state index contributed by atoms with van der Waals surface area (Å²) in [5, 5.41) is 4.32. The van der Waals surface area contributed by atoms with Crippen molar-refractivity contribution in [3.05, 3.63) is 59.8 Å². The summed E-state index contributed by atoms with van der Waals surface area (Å²) in [6.07, 6.45) is 4.25. The lowest BCUT2D eigenvalue weighted by atomic mass is 10.1. The Hall–Kier alpha value is -2.95. The summed E-state index contributed by atoms with van der Waals surface area (Å²) in [4.78, 5) is 14.7. The third-order valence-electron chi connectivity index (χ3n) is 5.16. The first-order chi connectivity index (χ1) is 13.2. The van der Waals surface area contributed by atoms with Gasteiger partial charge in [0.1, 0.15) is 5.75 Å². The van der Waals surface area contributed by atoms with E-state index in [-0.39, 0.29) is 6.03 Å². The summed E-state index contributed by atoms with van der Waals surface area (Å²) in [5.74, 6) is 0.731. The molecular formula is C22H25N3O2. The van der Waals surface area contributed by atoms with Crippen molar-refractivity contribution >= 4 is 22.6 Å². The predicted octanol–water partition coefficient (Wildman–Crippen LogP) is 4.65. The molecule has 3 aromatic rings. The van der Waals surface area contributed by atoms with E-state index in [1.165, 1.54) is 22.0 Å². The quantitative estimate of drug-likeness (QED) is 0.733. The van der Waals surface area contributed by atoms with Crippen LogP contribution in [0.15, 0.2) is 48.7 Å². The normalized spacial score (nSPS) is 13.5. The number of hydrogen-bond acceptors (Lipinski definition) is 2. The first-order valence-electron chi connectivity index (χ1n) is 9.49. The number of aryl methyl sites for hydroxylation is 1. The molecule has 2 heterocycles. The molecule has 1 aliphatic rings. The van der Waals surface area contributed by atoms with Gasteiger partial charge in [-0.1, -0.05) is 25.1 Å². The number of amides is 2. The average Bonchev–Trinajstić information content (AvgIpc) is 2.92. The highest BCUT2D eigenvalue weighted by atomic mass is 16.5. The summed E-state index contributed by atoms with van der Waals surface area (Å²) >= 11 is 0. The Morgan fingerprint density at radius 2 is 2.04 bits per heavy atom. The van der Waals surface area contributed by atoms with Crippen LogP contribution in [0, 0.1) is 0 Å². The van der Waals surface area contributed by atoms with Crippen LogP contribution in [0.25, 0.3) is 10.9 Å². The van der Waals surface area contributed by atoms with E-state index in [1.54, 1.807) is 7.11 Å². The number of carbonyl (C=O) groups is 1.